The Morgan fingerprint density at radius 3 is 2.41 bits per heavy atom. The largest absolute Gasteiger partial charge is 0.448 e. The van der Waals surface area contributed by atoms with E-state index in [1.807, 2.05) is 84.9 Å². The van der Waals surface area contributed by atoms with Gasteiger partial charge in [0.25, 0.3) is 5.56 Å². The van der Waals surface area contributed by atoms with Crippen LogP contribution in [0.15, 0.2) is 99.3 Å². The van der Waals surface area contributed by atoms with Gasteiger partial charge in [-0.25, -0.2) is 4.98 Å². The van der Waals surface area contributed by atoms with Crippen molar-refractivity contribution in [2.24, 2.45) is 0 Å². The summed E-state index contributed by atoms with van der Waals surface area (Å²) >= 11 is 1.23. The number of rotatable bonds is 6. The van der Waals surface area contributed by atoms with Gasteiger partial charge < -0.3 is 9.73 Å². The van der Waals surface area contributed by atoms with Crippen molar-refractivity contribution in [1.82, 2.24) is 9.55 Å². The van der Waals surface area contributed by atoms with Crippen LogP contribution in [0.25, 0.3) is 22.1 Å². The number of thioether (sulfide) groups is 1. The third-order valence-electron chi connectivity index (χ3n) is 5.02. The molecule has 2 aromatic heterocycles. The van der Waals surface area contributed by atoms with Gasteiger partial charge in [-0.05, 0) is 29.8 Å². The minimum Gasteiger partial charge on any atom is -0.448 e. The Kier molecular flexibility index (Phi) is 5.47. The second kappa shape index (κ2) is 8.72. The standard InChI is InChI=1S/C25H19N3O3S/c29-21(26-18-11-5-2-6-12-18)16-32-25-27-22-19-13-7-8-14-20(19)31-23(22)24(30)28(25)15-17-9-3-1-4-10-17/h1-14H,15-16H2,(H,26,29). The molecule has 2 heterocycles. The average Bonchev–Trinajstić information content (AvgIpc) is 3.20. The molecule has 1 amide bonds. The summed E-state index contributed by atoms with van der Waals surface area (Å²) in [6, 6.07) is 26.4. The number of nitrogens with zero attached hydrogens (tertiary/aromatic N) is 2. The lowest BCUT2D eigenvalue weighted by Crippen LogP contribution is -2.24. The van der Waals surface area contributed by atoms with Crippen LogP contribution in [-0.2, 0) is 11.3 Å². The van der Waals surface area contributed by atoms with Crippen LogP contribution in [0.4, 0.5) is 5.69 Å². The molecule has 0 aliphatic rings. The minimum absolute atomic E-state index is 0.122. The van der Waals surface area contributed by atoms with Crippen LogP contribution < -0.4 is 10.9 Å². The summed E-state index contributed by atoms with van der Waals surface area (Å²) in [4.78, 5) is 30.6. The van der Waals surface area contributed by atoms with Crippen molar-refractivity contribution in [2.75, 3.05) is 11.1 Å². The molecule has 0 aliphatic carbocycles. The number of benzene rings is 3. The number of hydrogen-bond donors (Lipinski definition) is 1. The molecule has 1 N–H and O–H groups in total. The van der Waals surface area contributed by atoms with Gasteiger partial charge >= 0.3 is 0 Å². The van der Waals surface area contributed by atoms with Gasteiger partial charge in [-0.2, -0.15) is 0 Å². The normalized spacial score (nSPS) is 11.1. The SMILES string of the molecule is O=C(CSc1nc2c(oc3ccccc32)c(=O)n1Cc1ccccc1)Nc1ccccc1. The van der Waals surface area contributed by atoms with Crippen LogP contribution >= 0.6 is 11.8 Å². The zero-order valence-electron chi connectivity index (χ0n) is 17.0. The Balaban J connectivity index is 1.52. The summed E-state index contributed by atoms with van der Waals surface area (Å²) in [5, 5.41) is 4.12. The number of anilines is 1. The fraction of sp³-hybridized carbons (Fsp3) is 0.0800. The van der Waals surface area contributed by atoms with E-state index >= 15 is 0 Å². The van der Waals surface area contributed by atoms with E-state index < -0.39 is 0 Å². The number of carbonyl (C=O) groups is 1. The maximum absolute atomic E-state index is 13.4. The van der Waals surface area contributed by atoms with E-state index in [1.165, 1.54) is 11.8 Å². The lowest BCUT2D eigenvalue weighted by Gasteiger charge is -2.12. The number of fused-ring (bicyclic) bond motifs is 3. The summed E-state index contributed by atoms with van der Waals surface area (Å²) in [5.41, 5.74) is 2.77. The van der Waals surface area contributed by atoms with Crippen LogP contribution in [0.3, 0.4) is 0 Å². The summed E-state index contributed by atoms with van der Waals surface area (Å²) < 4.78 is 7.41. The van der Waals surface area contributed by atoms with Gasteiger partial charge in [-0.1, -0.05) is 72.4 Å². The molecule has 0 atom stereocenters. The van der Waals surface area contributed by atoms with Gasteiger partial charge in [0.1, 0.15) is 11.1 Å². The van der Waals surface area contributed by atoms with Gasteiger partial charge in [-0.3, -0.25) is 14.2 Å². The molecule has 0 spiro atoms. The molecule has 5 aromatic rings. The Morgan fingerprint density at radius 2 is 1.62 bits per heavy atom. The summed E-state index contributed by atoms with van der Waals surface area (Å²) in [5.74, 6) is -0.0453. The molecule has 0 fully saturated rings. The van der Waals surface area contributed by atoms with Gasteiger partial charge in [0.05, 0.1) is 12.3 Å². The molecule has 32 heavy (non-hydrogen) atoms. The number of nitrogens with one attached hydrogen (secondary N) is 1. The highest BCUT2D eigenvalue weighted by atomic mass is 32.2. The highest BCUT2D eigenvalue weighted by molar-refractivity contribution is 7.99. The third kappa shape index (κ3) is 4.02. The highest BCUT2D eigenvalue weighted by Crippen LogP contribution is 2.27. The molecule has 0 unspecified atom stereocenters. The van der Waals surface area contributed by atoms with Crippen molar-refractivity contribution in [2.45, 2.75) is 11.7 Å². The molecule has 0 bridgehead atoms. The molecule has 6 nitrogen and oxygen atoms in total. The lowest BCUT2D eigenvalue weighted by atomic mass is 10.2. The van der Waals surface area contributed by atoms with E-state index in [1.54, 1.807) is 4.57 Å². The van der Waals surface area contributed by atoms with Crippen LogP contribution in [0.1, 0.15) is 5.56 Å². The molecule has 0 radical (unpaired) electrons. The smallest absolute Gasteiger partial charge is 0.298 e. The summed E-state index contributed by atoms with van der Waals surface area (Å²) in [7, 11) is 0. The fourth-order valence-corrected chi connectivity index (χ4v) is 4.31. The van der Waals surface area contributed by atoms with Crippen LogP contribution in [0.2, 0.25) is 0 Å². The van der Waals surface area contributed by atoms with Gasteiger partial charge in [0.2, 0.25) is 11.5 Å². The zero-order valence-corrected chi connectivity index (χ0v) is 17.8. The number of hydrogen-bond acceptors (Lipinski definition) is 5. The Hall–Kier alpha value is -3.84. The Bertz CT molecular complexity index is 1460. The van der Waals surface area contributed by atoms with E-state index in [0.29, 0.717) is 22.8 Å². The molecule has 5 rings (SSSR count). The van der Waals surface area contributed by atoms with Crippen LogP contribution in [0, 0.1) is 0 Å². The van der Waals surface area contributed by atoms with E-state index in [9.17, 15) is 9.59 Å². The van der Waals surface area contributed by atoms with Gasteiger partial charge in [0, 0.05) is 11.1 Å². The number of aromatic nitrogens is 2. The van der Waals surface area contributed by atoms with Crippen molar-refractivity contribution in [3.05, 3.63) is 101 Å². The molecule has 0 aliphatic heterocycles. The number of carbonyl (C=O) groups excluding carboxylic acids is 1. The van der Waals surface area contributed by atoms with Crippen LogP contribution in [0.5, 0.6) is 0 Å². The summed E-state index contributed by atoms with van der Waals surface area (Å²) in [6.45, 7) is 0.336. The van der Waals surface area contributed by atoms with E-state index in [0.717, 1.165) is 16.6 Å². The molecule has 158 valence electrons. The van der Waals surface area contributed by atoms with Crippen molar-refractivity contribution < 1.29 is 9.21 Å². The quantitative estimate of drug-likeness (QED) is 0.299. The first-order chi connectivity index (χ1) is 15.7. The van der Waals surface area contributed by atoms with Gasteiger partial charge in [0.15, 0.2) is 5.16 Å². The van der Waals surface area contributed by atoms with Crippen LogP contribution in [-0.4, -0.2) is 21.2 Å². The van der Waals surface area contributed by atoms with Crippen molar-refractivity contribution in [3.63, 3.8) is 0 Å². The topological polar surface area (TPSA) is 77.1 Å². The molecule has 0 saturated carbocycles. The van der Waals surface area contributed by atoms with Crippen molar-refractivity contribution in [1.29, 1.82) is 0 Å². The first-order valence-electron chi connectivity index (χ1n) is 10.1. The predicted octanol–water partition coefficient (Wildman–Crippen LogP) is 4.92. The molecule has 3 aromatic carbocycles. The number of para-hydroxylation sites is 2. The van der Waals surface area contributed by atoms with E-state index in [2.05, 4.69) is 5.32 Å². The Labute approximate surface area is 187 Å². The minimum atomic E-state index is -0.263. The Morgan fingerprint density at radius 1 is 0.938 bits per heavy atom. The lowest BCUT2D eigenvalue weighted by molar-refractivity contribution is -0.113. The van der Waals surface area contributed by atoms with E-state index in [4.69, 9.17) is 9.40 Å². The fourth-order valence-electron chi connectivity index (χ4n) is 3.52. The molecular formula is C25H19N3O3S. The number of amides is 1. The average molecular weight is 442 g/mol. The van der Waals surface area contributed by atoms with Crippen molar-refractivity contribution >= 4 is 45.4 Å². The monoisotopic (exact) mass is 441 g/mol. The van der Waals surface area contributed by atoms with Gasteiger partial charge in [-0.15, -0.1) is 0 Å². The zero-order chi connectivity index (χ0) is 21.9. The summed E-state index contributed by atoms with van der Waals surface area (Å²) in [6.07, 6.45) is 0. The second-order valence-corrected chi connectivity index (χ2v) is 8.19. The van der Waals surface area contributed by atoms with Crippen molar-refractivity contribution in [3.8, 4) is 0 Å². The number of furan rings is 1. The molecule has 7 heteroatoms. The predicted molar refractivity (Wildman–Crippen MR) is 127 cm³/mol. The van der Waals surface area contributed by atoms with E-state index in [-0.39, 0.29) is 22.8 Å². The maximum atomic E-state index is 13.4. The first kappa shape index (κ1) is 20.1. The second-order valence-electron chi connectivity index (χ2n) is 7.25. The maximum Gasteiger partial charge on any atom is 0.298 e. The highest BCUT2D eigenvalue weighted by Gasteiger charge is 2.19. The molecule has 0 saturated heterocycles. The third-order valence-corrected chi connectivity index (χ3v) is 6.00. The first-order valence-corrected chi connectivity index (χ1v) is 11.1. The molecular weight excluding hydrogens is 422 g/mol.